The van der Waals surface area contributed by atoms with Crippen molar-refractivity contribution < 1.29 is 9.59 Å². The molecular weight excluding hydrogens is 470 g/mol. The quantitative estimate of drug-likeness (QED) is 0.433. The molecule has 1 aliphatic heterocycles. The van der Waals surface area contributed by atoms with Crippen molar-refractivity contribution in [2.45, 2.75) is 38.1 Å². The van der Waals surface area contributed by atoms with Gasteiger partial charge < -0.3 is 10.2 Å². The Morgan fingerprint density at radius 1 is 0.972 bits per heavy atom. The van der Waals surface area contributed by atoms with Gasteiger partial charge in [-0.3, -0.25) is 14.5 Å². The summed E-state index contributed by atoms with van der Waals surface area (Å²) < 4.78 is 0. The number of Topliss-reactive ketones (excluding diaryl/α,β-unsaturated/α-hetero) is 1. The highest BCUT2D eigenvalue weighted by molar-refractivity contribution is 6.30. The fourth-order valence-electron chi connectivity index (χ4n) is 5.28. The normalized spacial score (nSPS) is 19.2. The smallest absolute Gasteiger partial charge is 0.227 e. The van der Waals surface area contributed by atoms with Gasteiger partial charge in [0.25, 0.3) is 0 Å². The lowest BCUT2D eigenvalue weighted by Gasteiger charge is -2.35. The average molecular weight is 500 g/mol. The van der Waals surface area contributed by atoms with Gasteiger partial charge in [-0.05, 0) is 59.9 Å². The third-order valence-corrected chi connectivity index (χ3v) is 7.38. The SMILES string of the molecule is CCC(=O)N1c2ccccc2NC2=C(C(=O)C[C@@H](c3ccc(Cl)cc3)C2)[C@H]1c1ccc(N(C)C)cc1. The van der Waals surface area contributed by atoms with Gasteiger partial charge in [-0.2, -0.15) is 0 Å². The molecule has 0 aromatic heterocycles. The molecule has 36 heavy (non-hydrogen) atoms. The van der Waals surface area contributed by atoms with Crippen LogP contribution < -0.4 is 15.1 Å². The van der Waals surface area contributed by atoms with E-state index in [0.717, 1.165) is 33.9 Å². The van der Waals surface area contributed by atoms with E-state index < -0.39 is 6.04 Å². The fourth-order valence-corrected chi connectivity index (χ4v) is 5.40. The number of carbonyl (C=O) groups is 2. The average Bonchev–Trinajstić information content (AvgIpc) is 3.03. The van der Waals surface area contributed by atoms with Crippen LogP contribution in [0.2, 0.25) is 5.02 Å². The zero-order valence-electron chi connectivity index (χ0n) is 20.8. The number of benzene rings is 3. The largest absolute Gasteiger partial charge is 0.378 e. The van der Waals surface area contributed by atoms with Crippen LogP contribution in [0.5, 0.6) is 0 Å². The molecule has 3 aromatic rings. The highest BCUT2D eigenvalue weighted by Gasteiger charge is 2.41. The van der Waals surface area contributed by atoms with Crippen molar-refractivity contribution in [2.75, 3.05) is 29.2 Å². The highest BCUT2D eigenvalue weighted by atomic mass is 35.5. The molecule has 0 radical (unpaired) electrons. The van der Waals surface area contributed by atoms with Crippen molar-refractivity contribution in [2.24, 2.45) is 0 Å². The van der Waals surface area contributed by atoms with Crippen LogP contribution in [0.4, 0.5) is 17.1 Å². The molecular formula is C30H30ClN3O2. The molecule has 3 aromatic carbocycles. The maximum absolute atomic E-state index is 13.9. The molecule has 184 valence electrons. The van der Waals surface area contributed by atoms with Gasteiger partial charge >= 0.3 is 0 Å². The Balaban J connectivity index is 1.68. The summed E-state index contributed by atoms with van der Waals surface area (Å²) in [4.78, 5) is 31.3. The Kier molecular flexibility index (Phi) is 6.59. The first kappa shape index (κ1) is 24.1. The number of allylic oxidation sites excluding steroid dienone is 1. The second-order valence-corrected chi connectivity index (χ2v) is 10.1. The Morgan fingerprint density at radius 2 is 1.64 bits per heavy atom. The lowest BCUT2D eigenvalue weighted by atomic mass is 9.78. The van der Waals surface area contributed by atoms with Crippen LogP contribution in [0.3, 0.4) is 0 Å². The number of amides is 1. The lowest BCUT2D eigenvalue weighted by molar-refractivity contribution is -0.119. The minimum Gasteiger partial charge on any atom is -0.378 e. The molecule has 0 bridgehead atoms. The third-order valence-electron chi connectivity index (χ3n) is 7.13. The second-order valence-electron chi connectivity index (χ2n) is 9.62. The first-order chi connectivity index (χ1) is 17.4. The maximum Gasteiger partial charge on any atom is 0.227 e. The molecule has 1 aliphatic carbocycles. The number of hydrogen-bond donors (Lipinski definition) is 1. The van der Waals surface area contributed by atoms with Crippen molar-refractivity contribution in [1.29, 1.82) is 0 Å². The number of para-hydroxylation sites is 2. The molecule has 6 heteroatoms. The summed E-state index contributed by atoms with van der Waals surface area (Å²) in [6.07, 6.45) is 1.40. The van der Waals surface area contributed by atoms with Crippen LogP contribution in [-0.4, -0.2) is 25.8 Å². The topological polar surface area (TPSA) is 52.7 Å². The van der Waals surface area contributed by atoms with Crippen molar-refractivity contribution >= 4 is 40.4 Å². The first-order valence-electron chi connectivity index (χ1n) is 12.3. The van der Waals surface area contributed by atoms with E-state index in [1.807, 2.05) is 104 Å². The molecule has 0 unspecified atom stereocenters. The molecule has 5 rings (SSSR count). The Hall–Kier alpha value is -3.57. The van der Waals surface area contributed by atoms with Gasteiger partial charge in [0.1, 0.15) is 0 Å². The van der Waals surface area contributed by atoms with Crippen LogP contribution in [0, 0.1) is 0 Å². The van der Waals surface area contributed by atoms with E-state index in [-0.39, 0.29) is 17.6 Å². The molecule has 2 aliphatic rings. The van der Waals surface area contributed by atoms with Gasteiger partial charge in [0.05, 0.1) is 17.4 Å². The summed E-state index contributed by atoms with van der Waals surface area (Å²) in [7, 11) is 3.99. The number of hydrogen-bond acceptors (Lipinski definition) is 4. The Bertz CT molecular complexity index is 1330. The third kappa shape index (κ3) is 4.40. The predicted molar refractivity (Wildman–Crippen MR) is 147 cm³/mol. The summed E-state index contributed by atoms with van der Waals surface area (Å²) >= 11 is 6.12. The van der Waals surface area contributed by atoms with Crippen LogP contribution in [0.1, 0.15) is 49.3 Å². The molecule has 0 fully saturated rings. The number of fused-ring (bicyclic) bond motifs is 1. The molecule has 0 saturated carbocycles. The van der Waals surface area contributed by atoms with Crippen molar-refractivity contribution in [3.8, 4) is 0 Å². The lowest BCUT2D eigenvalue weighted by Crippen LogP contribution is -2.38. The van der Waals surface area contributed by atoms with Gasteiger partial charge in [0.15, 0.2) is 5.78 Å². The number of nitrogens with zero attached hydrogens (tertiary/aromatic N) is 2. The summed E-state index contributed by atoms with van der Waals surface area (Å²) in [5.41, 5.74) is 6.26. The molecule has 0 spiro atoms. The van der Waals surface area contributed by atoms with Gasteiger partial charge in [0.2, 0.25) is 5.91 Å². The summed E-state index contributed by atoms with van der Waals surface area (Å²) in [5, 5.41) is 4.25. The second kappa shape index (κ2) is 9.82. The predicted octanol–water partition coefficient (Wildman–Crippen LogP) is 6.72. The van der Waals surface area contributed by atoms with Gasteiger partial charge in [-0.1, -0.05) is 54.9 Å². The van der Waals surface area contributed by atoms with Crippen LogP contribution in [-0.2, 0) is 9.59 Å². The number of nitrogens with one attached hydrogen (secondary N) is 1. The highest BCUT2D eigenvalue weighted by Crippen LogP contribution is 2.47. The van der Waals surface area contributed by atoms with Crippen molar-refractivity contribution in [3.63, 3.8) is 0 Å². The fraction of sp³-hybridized carbons (Fsp3) is 0.267. The number of halogens is 1. The van der Waals surface area contributed by atoms with Gasteiger partial charge in [-0.25, -0.2) is 0 Å². The standard InChI is InChI=1S/C30H30ClN3O2/c1-4-28(36)34-26-8-6-5-7-24(26)32-25-17-21(19-9-13-22(31)14-10-19)18-27(35)29(25)30(34)20-11-15-23(16-12-20)33(2)3/h5-16,21,30,32H,4,17-18H2,1-3H3/t21-,30+/m0/s1. The number of carbonyl (C=O) groups excluding carboxylic acids is 2. The zero-order chi connectivity index (χ0) is 25.4. The van der Waals surface area contributed by atoms with E-state index in [1.54, 1.807) is 0 Å². The molecule has 2 atom stereocenters. The number of anilines is 3. The number of ketones is 1. The minimum absolute atomic E-state index is 0.0210. The molecule has 5 nitrogen and oxygen atoms in total. The minimum atomic E-state index is -0.501. The Morgan fingerprint density at radius 3 is 2.31 bits per heavy atom. The van der Waals surface area contributed by atoms with Crippen LogP contribution in [0.15, 0.2) is 84.1 Å². The van der Waals surface area contributed by atoms with E-state index in [9.17, 15) is 9.59 Å². The summed E-state index contributed by atoms with van der Waals surface area (Å²) in [5.74, 6) is 0.0813. The summed E-state index contributed by atoms with van der Waals surface area (Å²) in [6.45, 7) is 1.87. The first-order valence-corrected chi connectivity index (χ1v) is 12.7. The van der Waals surface area contributed by atoms with Crippen LogP contribution in [0.25, 0.3) is 0 Å². The monoisotopic (exact) mass is 499 g/mol. The van der Waals surface area contributed by atoms with E-state index >= 15 is 0 Å². The molecule has 1 heterocycles. The zero-order valence-corrected chi connectivity index (χ0v) is 21.5. The summed E-state index contributed by atoms with van der Waals surface area (Å²) in [6, 6.07) is 23.2. The van der Waals surface area contributed by atoms with Crippen molar-refractivity contribution in [1.82, 2.24) is 0 Å². The Labute approximate surface area is 217 Å². The molecule has 1 amide bonds. The van der Waals surface area contributed by atoms with E-state index in [4.69, 9.17) is 11.6 Å². The van der Waals surface area contributed by atoms with Gasteiger partial charge in [0, 0.05) is 48.9 Å². The van der Waals surface area contributed by atoms with E-state index in [2.05, 4.69) is 5.32 Å². The van der Waals surface area contributed by atoms with Gasteiger partial charge in [-0.15, -0.1) is 0 Å². The number of rotatable bonds is 4. The molecule has 0 saturated heterocycles. The van der Waals surface area contributed by atoms with E-state index in [0.29, 0.717) is 29.9 Å². The van der Waals surface area contributed by atoms with E-state index in [1.165, 1.54) is 0 Å². The van der Waals surface area contributed by atoms with Crippen molar-refractivity contribution in [3.05, 3.63) is 100 Å². The molecule has 1 N–H and O–H groups in total. The maximum atomic E-state index is 13.9. The van der Waals surface area contributed by atoms with Crippen LogP contribution >= 0.6 is 11.6 Å².